The number of hydrogen-bond acceptors (Lipinski definition) is 3. The van der Waals surface area contributed by atoms with Gasteiger partial charge in [-0.05, 0) is 35.1 Å². The highest BCUT2D eigenvalue weighted by Crippen LogP contribution is 2.24. The summed E-state index contributed by atoms with van der Waals surface area (Å²) in [5.74, 6) is -0.00812. The van der Waals surface area contributed by atoms with E-state index >= 15 is 0 Å². The zero-order valence-corrected chi connectivity index (χ0v) is 14.0. The molecule has 4 nitrogen and oxygen atoms in total. The van der Waals surface area contributed by atoms with E-state index in [4.69, 9.17) is 5.21 Å². The third-order valence-electron chi connectivity index (χ3n) is 4.28. The molecule has 0 saturated carbocycles. The van der Waals surface area contributed by atoms with E-state index in [0.717, 1.165) is 5.56 Å². The van der Waals surface area contributed by atoms with Crippen LogP contribution < -0.4 is 5.48 Å². The van der Waals surface area contributed by atoms with Gasteiger partial charge in [-0.25, -0.2) is 5.48 Å². The lowest BCUT2D eigenvalue weighted by Gasteiger charge is -2.15. The molecule has 2 atom stereocenters. The topological polar surface area (TPSA) is 66.4 Å². The molecule has 0 saturated heterocycles. The average Bonchev–Trinajstić information content (AvgIpc) is 2.61. The summed E-state index contributed by atoms with van der Waals surface area (Å²) in [4.78, 5) is 23.6. The van der Waals surface area contributed by atoms with Gasteiger partial charge in [0.15, 0.2) is 0 Å². The summed E-state index contributed by atoms with van der Waals surface area (Å²) in [5.41, 5.74) is 4.18. The maximum absolute atomic E-state index is 12.3. The lowest BCUT2D eigenvalue weighted by Crippen LogP contribution is -2.18. The van der Waals surface area contributed by atoms with Crippen molar-refractivity contribution in [1.82, 2.24) is 5.48 Å². The van der Waals surface area contributed by atoms with Crippen LogP contribution in [0, 0.1) is 0 Å². The lowest BCUT2D eigenvalue weighted by molar-refractivity contribution is -0.119. The summed E-state index contributed by atoms with van der Waals surface area (Å²) < 4.78 is 0. The molecule has 2 aromatic carbocycles. The molecule has 2 rings (SSSR count). The Labute approximate surface area is 142 Å². The van der Waals surface area contributed by atoms with E-state index in [9.17, 15) is 9.59 Å². The fourth-order valence-corrected chi connectivity index (χ4v) is 2.81. The minimum Gasteiger partial charge on any atom is -0.300 e. The van der Waals surface area contributed by atoms with Crippen LogP contribution >= 0.6 is 0 Å². The Morgan fingerprint density at radius 2 is 1.38 bits per heavy atom. The van der Waals surface area contributed by atoms with Crippen molar-refractivity contribution in [3.8, 4) is 0 Å². The van der Waals surface area contributed by atoms with Crippen molar-refractivity contribution in [2.45, 2.75) is 38.5 Å². The molecule has 0 aliphatic heterocycles. The van der Waals surface area contributed by atoms with Crippen molar-refractivity contribution < 1.29 is 14.8 Å². The summed E-state index contributed by atoms with van der Waals surface area (Å²) in [6.45, 7) is 4.08. The van der Waals surface area contributed by atoms with Crippen LogP contribution in [-0.4, -0.2) is 16.9 Å². The number of carbonyl (C=O) groups excluding carboxylic acids is 2. The van der Waals surface area contributed by atoms with Crippen molar-refractivity contribution in [3.05, 3.63) is 71.3 Å². The summed E-state index contributed by atoms with van der Waals surface area (Å²) in [6.07, 6.45) is 1.00. The Balaban J connectivity index is 1.92. The van der Waals surface area contributed by atoms with E-state index in [1.54, 1.807) is 17.6 Å². The van der Waals surface area contributed by atoms with Gasteiger partial charge in [0, 0.05) is 18.4 Å². The fourth-order valence-electron chi connectivity index (χ4n) is 2.81. The van der Waals surface area contributed by atoms with E-state index in [1.807, 2.05) is 49.4 Å². The van der Waals surface area contributed by atoms with Crippen LogP contribution in [0.2, 0.25) is 0 Å². The zero-order valence-electron chi connectivity index (χ0n) is 14.0. The van der Waals surface area contributed by atoms with Gasteiger partial charge in [-0.3, -0.25) is 14.8 Å². The van der Waals surface area contributed by atoms with Gasteiger partial charge < -0.3 is 0 Å². The number of rotatable bonds is 7. The molecule has 126 valence electrons. The van der Waals surface area contributed by atoms with Gasteiger partial charge in [-0.15, -0.1) is 0 Å². The van der Waals surface area contributed by atoms with Gasteiger partial charge >= 0.3 is 0 Å². The second-order valence-corrected chi connectivity index (χ2v) is 6.22. The summed E-state index contributed by atoms with van der Waals surface area (Å²) in [5, 5.41) is 8.62. The zero-order chi connectivity index (χ0) is 17.5. The normalized spacial score (nSPS) is 13.1. The van der Waals surface area contributed by atoms with Crippen molar-refractivity contribution in [2.24, 2.45) is 0 Å². The summed E-state index contributed by atoms with van der Waals surface area (Å²) >= 11 is 0. The monoisotopic (exact) mass is 325 g/mol. The Hall–Kier alpha value is -2.46. The molecule has 0 unspecified atom stereocenters. The number of benzene rings is 2. The Morgan fingerprint density at radius 3 is 1.88 bits per heavy atom. The molecule has 0 aliphatic carbocycles. The fraction of sp³-hybridized carbons (Fsp3) is 0.300. The molecule has 24 heavy (non-hydrogen) atoms. The lowest BCUT2D eigenvalue weighted by atomic mass is 9.89. The highest BCUT2D eigenvalue weighted by Gasteiger charge is 2.15. The van der Waals surface area contributed by atoms with Gasteiger partial charge in [-0.1, -0.05) is 56.3 Å². The van der Waals surface area contributed by atoms with Crippen LogP contribution in [0.5, 0.6) is 0 Å². The number of hydrogen-bond donors (Lipinski definition) is 2. The van der Waals surface area contributed by atoms with Crippen LogP contribution in [0.1, 0.15) is 60.0 Å². The van der Waals surface area contributed by atoms with Gasteiger partial charge in [0.2, 0.25) is 0 Å². The van der Waals surface area contributed by atoms with Crippen molar-refractivity contribution in [1.29, 1.82) is 0 Å². The quantitative estimate of drug-likeness (QED) is 0.596. The Bertz CT molecular complexity index is 680. The van der Waals surface area contributed by atoms with E-state index in [-0.39, 0.29) is 17.6 Å². The highest BCUT2D eigenvalue weighted by molar-refractivity contribution is 5.93. The predicted molar refractivity (Wildman–Crippen MR) is 93.2 cm³/mol. The first-order chi connectivity index (χ1) is 11.5. The Kier molecular flexibility index (Phi) is 6.27. The second kappa shape index (κ2) is 8.41. The minimum absolute atomic E-state index is 0.0895. The van der Waals surface area contributed by atoms with Gasteiger partial charge in [-0.2, -0.15) is 0 Å². The van der Waals surface area contributed by atoms with Gasteiger partial charge in [0.1, 0.15) is 5.78 Å². The molecule has 0 fully saturated rings. The first kappa shape index (κ1) is 17.9. The predicted octanol–water partition coefficient (Wildman–Crippen LogP) is 4.06. The molecular formula is C20H23NO3. The molecule has 0 aliphatic rings. The summed E-state index contributed by atoms with van der Waals surface area (Å²) in [7, 11) is 0. The standard InChI is InChI=1S/C20H23NO3/c1-14(16-6-4-3-5-7-16)12-19(22)13-15(2)17-8-10-18(11-9-17)20(23)21-24/h3-11,14-15,24H,12-13H2,1-2H3,(H,21,23)/t14-,15+/m1/s1. The van der Waals surface area contributed by atoms with E-state index in [2.05, 4.69) is 6.92 Å². The first-order valence-electron chi connectivity index (χ1n) is 8.12. The molecule has 0 bridgehead atoms. The number of nitrogens with one attached hydrogen (secondary N) is 1. The van der Waals surface area contributed by atoms with E-state index in [0.29, 0.717) is 18.4 Å². The number of ketones is 1. The molecule has 0 radical (unpaired) electrons. The Morgan fingerprint density at radius 1 is 0.875 bits per heavy atom. The molecule has 2 N–H and O–H groups in total. The van der Waals surface area contributed by atoms with Crippen LogP contribution in [-0.2, 0) is 4.79 Å². The number of amides is 1. The van der Waals surface area contributed by atoms with Crippen LogP contribution in [0.3, 0.4) is 0 Å². The van der Waals surface area contributed by atoms with Crippen LogP contribution in [0.25, 0.3) is 0 Å². The molecular weight excluding hydrogens is 302 g/mol. The van der Waals surface area contributed by atoms with Crippen molar-refractivity contribution >= 4 is 11.7 Å². The molecule has 1 amide bonds. The van der Waals surface area contributed by atoms with Crippen LogP contribution in [0.4, 0.5) is 0 Å². The maximum Gasteiger partial charge on any atom is 0.274 e. The van der Waals surface area contributed by atoms with Gasteiger partial charge in [0.05, 0.1) is 0 Å². The van der Waals surface area contributed by atoms with Gasteiger partial charge in [0.25, 0.3) is 5.91 Å². The minimum atomic E-state index is -0.540. The third-order valence-corrected chi connectivity index (χ3v) is 4.28. The molecule has 0 aromatic heterocycles. The van der Waals surface area contributed by atoms with Crippen molar-refractivity contribution in [2.75, 3.05) is 0 Å². The number of Topliss-reactive ketones (excluding diaryl/α,β-unsaturated/α-hetero) is 1. The molecule has 4 heteroatoms. The largest absolute Gasteiger partial charge is 0.300 e. The first-order valence-corrected chi connectivity index (χ1v) is 8.12. The highest BCUT2D eigenvalue weighted by atomic mass is 16.5. The molecule has 2 aromatic rings. The molecule has 0 spiro atoms. The summed E-state index contributed by atoms with van der Waals surface area (Å²) in [6, 6.07) is 17.0. The van der Waals surface area contributed by atoms with E-state index < -0.39 is 5.91 Å². The number of carbonyl (C=O) groups is 2. The maximum atomic E-state index is 12.3. The average molecular weight is 325 g/mol. The smallest absolute Gasteiger partial charge is 0.274 e. The molecule has 0 heterocycles. The van der Waals surface area contributed by atoms with Crippen molar-refractivity contribution in [3.63, 3.8) is 0 Å². The second-order valence-electron chi connectivity index (χ2n) is 6.22. The third kappa shape index (κ3) is 4.77. The van der Waals surface area contributed by atoms with E-state index in [1.165, 1.54) is 5.56 Å². The number of hydroxylamine groups is 1. The van der Waals surface area contributed by atoms with Crippen LogP contribution in [0.15, 0.2) is 54.6 Å². The SMILES string of the molecule is C[C@H](CC(=O)C[C@H](C)c1ccc(C(=O)NO)cc1)c1ccccc1.